The minimum absolute atomic E-state index is 0.219. The number of imide groups is 1. The lowest BCUT2D eigenvalue weighted by molar-refractivity contribution is -0.155. The van der Waals surface area contributed by atoms with Gasteiger partial charge in [0.15, 0.2) is 6.10 Å². The maximum absolute atomic E-state index is 13.6. The fraction of sp³-hybridized carbons (Fsp3) is 0.304. The minimum atomic E-state index is -1.21. The molecule has 8 nitrogen and oxygen atoms in total. The predicted molar refractivity (Wildman–Crippen MR) is 112 cm³/mol. The van der Waals surface area contributed by atoms with Gasteiger partial charge in [0.05, 0.1) is 0 Å². The zero-order valence-electron chi connectivity index (χ0n) is 17.6. The number of carbonyl (C=O) groups is 4. The number of amides is 4. The second-order valence-corrected chi connectivity index (χ2v) is 7.97. The Morgan fingerprint density at radius 1 is 1.25 bits per heavy atom. The van der Waals surface area contributed by atoms with Crippen LogP contribution in [0.5, 0.6) is 0 Å². The van der Waals surface area contributed by atoms with Gasteiger partial charge in [0.1, 0.15) is 17.9 Å². The van der Waals surface area contributed by atoms with Crippen LogP contribution in [0.3, 0.4) is 0 Å². The summed E-state index contributed by atoms with van der Waals surface area (Å²) >= 11 is 0. The van der Waals surface area contributed by atoms with Crippen LogP contribution < -0.4 is 10.6 Å². The number of benzene rings is 2. The molecule has 4 rings (SSSR count). The average molecular weight is 439 g/mol. The molecule has 0 radical (unpaired) electrons. The fourth-order valence-electron chi connectivity index (χ4n) is 4.06. The van der Waals surface area contributed by atoms with Crippen molar-refractivity contribution in [2.45, 2.75) is 38.3 Å². The van der Waals surface area contributed by atoms with Gasteiger partial charge in [-0.2, -0.15) is 0 Å². The Hall–Kier alpha value is -3.75. The van der Waals surface area contributed by atoms with E-state index in [1.165, 1.54) is 19.1 Å². The molecule has 9 heteroatoms. The van der Waals surface area contributed by atoms with Crippen molar-refractivity contribution in [2.75, 3.05) is 11.9 Å². The van der Waals surface area contributed by atoms with E-state index >= 15 is 0 Å². The van der Waals surface area contributed by atoms with E-state index in [-0.39, 0.29) is 5.69 Å². The first-order valence-corrected chi connectivity index (χ1v) is 10.2. The first-order chi connectivity index (χ1) is 15.2. The lowest BCUT2D eigenvalue weighted by Gasteiger charge is -2.22. The molecule has 0 unspecified atom stereocenters. The fourth-order valence-corrected chi connectivity index (χ4v) is 4.06. The summed E-state index contributed by atoms with van der Waals surface area (Å²) in [4.78, 5) is 51.0. The molecule has 32 heavy (non-hydrogen) atoms. The number of anilines is 1. The molecule has 0 bridgehead atoms. The van der Waals surface area contributed by atoms with Crippen molar-refractivity contribution in [3.63, 3.8) is 0 Å². The van der Waals surface area contributed by atoms with Crippen LogP contribution in [0, 0.1) is 12.7 Å². The third kappa shape index (κ3) is 3.70. The molecule has 0 aromatic heterocycles. The molecule has 2 aliphatic rings. The van der Waals surface area contributed by atoms with Crippen molar-refractivity contribution in [1.29, 1.82) is 0 Å². The lowest BCUT2D eigenvalue weighted by atomic mass is 9.92. The Morgan fingerprint density at radius 2 is 2.00 bits per heavy atom. The molecule has 0 saturated carbocycles. The van der Waals surface area contributed by atoms with Crippen molar-refractivity contribution in [1.82, 2.24) is 10.2 Å². The maximum Gasteiger partial charge on any atom is 0.327 e. The highest BCUT2D eigenvalue weighted by atomic mass is 19.1. The summed E-state index contributed by atoms with van der Waals surface area (Å²) in [7, 11) is 0. The third-order valence-electron chi connectivity index (χ3n) is 5.83. The van der Waals surface area contributed by atoms with E-state index in [2.05, 4.69) is 10.6 Å². The number of fused-ring (bicyclic) bond motifs is 2. The van der Waals surface area contributed by atoms with Crippen LogP contribution in [-0.4, -0.2) is 41.4 Å². The van der Waals surface area contributed by atoms with Gasteiger partial charge in [-0.3, -0.25) is 19.3 Å². The quantitative estimate of drug-likeness (QED) is 0.550. The summed E-state index contributed by atoms with van der Waals surface area (Å²) in [5.41, 5.74) is 1.18. The van der Waals surface area contributed by atoms with Gasteiger partial charge in [-0.15, -0.1) is 0 Å². The largest absolute Gasteiger partial charge is 0.451 e. The Labute approximate surface area is 183 Å². The van der Waals surface area contributed by atoms with Gasteiger partial charge >= 0.3 is 12.0 Å². The van der Waals surface area contributed by atoms with Crippen LogP contribution in [0.2, 0.25) is 0 Å². The molecule has 2 aromatic rings. The number of rotatable bonds is 5. The molecule has 1 spiro atoms. The highest BCUT2D eigenvalue weighted by molar-refractivity contribution is 6.09. The van der Waals surface area contributed by atoms with Crippen molar-refractivity contribution in [3.05, 3.63) is 65.0 Å². The number of carbonyl (C=O) groups excluding carboxylic acids is 4. The molecule has 2 aromatic carbocycles. The van der Waals surface area contributed by atoms with Crippen molar-refractivity contribution >= 4 is 29.5 Å². The molecule has 1 aliphatic carbocycles. The maximum atomic E-state index is 13.6. The second-order valence-electron chi connectivity index (χ2n) is 7.97. The standard InChI is InChI=1S/C23H22FN3O5/c1-13-7-8-16(11-18(13)24)25-20(29)14(2)32-19(28)12-27-21(30)23(26-22(27)31)10-9-15-5-3-4-6-17(15)23/h3-8,11,14H,9-10,12H2,1-2H3,(H,25,29)(H,26,31)/t14-,23-/m0/s1. The van der Waals surface area contributed by atoms with Gasteiger partial charge in [-0.1, -0.05) is 30.3 Å². The summed E-state index contributed by atoms with van der Waals surface area (Å²) in [6, 6.07) is 10.9. The van der Waals surface area contributed by atoms with E-state index in [1.807, 2.05) is 12.1 Å². The minimum Gasteiger partial charge on any atom is -0.451 e. The van der Waals surface area contributed by atoms with Crippen molar-refractivity contribution in [3.8, 4) is 0 Å². The third-order valence-corrected chi connectivity index (χ3v) is 5.83. The summed E-state index contributed by atoms with van der Waals surface area (Å²) in [5, 5.41) is 5.19. The number of hydrogen-bond donors (Lipinski definition) is 2. The van der Waals surface area contributed by atoms with Gasteiger partial charge in [0.2, 0.25) is 0 Å². The van der Waals surface area contributed by atoms with Gasteiger partial charge in [0, 0.05) is 5.69 Å². The van der Waals surface area contributed by atoms with E-state index < -0.39 is 47.8 Å². The molecule has 2 N–H and O–H groups in total. The van der Waals surface area contributed by atoms with E-state index in [0.717, 1.165) is 22.1 Å². The molecule has 166 valence electrons. The first-order valence-electron chi connectivity index (χ1n) is 10.2. The molecule has 1 aliphatic heterocycles. The van der Waals surface area contributed by atoms with Gasteiger partial charge < -0.3 is 15.4 Å². The highest BCUT2D eigenvalue weighted by Gasteiger charge is 2.55. The number of nitrogens with one attached hydrogen (secondary N) is 2. The number of ether oxygens (including phenoxy) is 1. The number of hydrogen-bond acceptors (Lipinski definition) is 5. The summed E-state index contributed by atoms with van der Waals surface area (Å²) in [5.74, 6) is -2.57. The van der Waals surface area contributed by atoms with Crippen LogP contribution >= 0.6 is 0 Å². The topological polar surface area (TPSA) is 105 Å². The van der Waals surface area contributed by atoms with Gasteiger partial charge in [0.25, 0.3) is 11.8 Å². The Morgan fingerprint density at radius 3 is 2.75 bits per heavy atom. The Balaban J connectivity index is 1.38. The number of esters is 1. The second kappa shape index (κ2) is 8.07. The van der Waals surface area contributed by atoms with Crippen LogP contribution in [0.15, 0.2) is 42.5 Å². The monoisotopic (exact) mass is 439 g/mol. The first kappa shape index (κ1) is 21.5. The summed E-state index contributed by atoms with van der Waals surface area (Å²) in [6.07, 6.45) is -0.167. The number of aryl methyl sites for hydroxylation is 2. The average Bonchev–Trinajstić information content (AvgIpc) is 3.24. The Kier molecular flexibility index (Phi) is 5.41. The zero-order chi connectivity index (χ0) is 23.0. The van der Waals surface area contributed by atoms with Crippen molar-refractivity contribution < 1.29 is 28.3 Å². The summed E-state index contributed by atoms with van der Waals surface area (Å²) < 4.78 is 18.7. The lowest BCUT2D eigenvalue weighted by Crippen LogP contribution is -2.43. The van der Waals surface area contributed by atoms with E-state index in [1.54, 1.807) is 19.1 Å². The molecule has 4 amide bonds. The van der Waals surface area contributed by atoms with Gasteiger partial charge in [-0.25, -0.2) is 9.18 Å². The smallest absolute Gasteiger partial charge is 0.327 e. The van der Waals surface area contributed by atoms with E-state index in [9.17, 15) is 23.6 Å². The molecule has 1 saturated heterocycles. The van der Waals surface area contributed by atoms with Crippen LogP contribution in [0.25, 0.3) is 0 Å². The molecular weight excluding hydrogens is 417 g/mol. The summed E-state index contributed by atoms with van der Waals surface area (Å²) in [6.45, 7) is 2.32. The van der Waals surface area contributed by atoms with Crippen LogP contribution in [-0.2, 0) is 31.1 Å². The number of halogens is 1. The molecule has 1 heterocycles. The van der Waals surface area contributed by atoms with Crippen molar-refractivity contribution in [2.24, 2.45) is 0 Å². The van der Waals surface area contributed by atoms with Crippen LogP contribution in [0.1, 0.15) is 30.0 Å². The number of urea groups is 1. The normalized spacial score (nSPS) is 20.2. The SMILES string of the molecule is Cc1ccc(NC(=O)[C@H](C)OC(=O)CN2C(=O)N[C@]3(CCc4ccccc43)C2=O)cc1F. The van der Waals surface area contributed by atoms with E-state index in [4.69, 9.17) is 4.74 Å². The zero-order valence-corrected chi connectivity index (χ0v) is 17.6. The Bertz CT molecular complexity index is 1130. The highest BCUT2D eigenvalue weighted by Crippen LogP contribution is 2.41. The number of nitrogens with zero attached hydrogens (tertiary/aromatic N) is 1. The van der Waals surface area contributed by atoms with E-state index in [0.29, 0.717) is 18.4 Å². The van der Waals surface area contributed by atoms with Crippen LogP contribution in [0.4, 0.5) is 14.9 Å². The molecule has 1 fully saturated rings. The molecule has 2 atom stereocenters. The predicted octanol–water partition coefficient (Wildman–Crippen LogP) is 2.40. The molecular formula is C23H22FN3O5. The van der Waals surface area contributed by atoms with Gasteiger partial charge in [-0.05, 0) is 55.5 Å².